The Kier molecular flexibility index (Phi) is 3.23. The van der Waals surface area contributed by atoms with Crippen molar-refractivity contribution in [1.82, 2.24) is 10.0 Å². The van der Waals surface area contributed by atoms with E-state index in [2.05, 4.69) is 10.0 Å². The number of nitro groups is 1. The molecule has 3 rings (SSSR count). The van der Waals surface area contributed by atoms with Crippen molar-refractivity contribution in [2.75, 3.05) is 0 Å². The first-order valence-electron chi connectivity index (χ1n) is 6.49. The lowest BCUT2D eigenvalue weighted by Crippen LogP contribution is -2.42. The minimum atomic E-state index is -3.87. The maximum Gasteiger partial charge on any atom is 0.289 e. The van der Waals surface area contributed by atoms with Crippen LogP contribution in [-0.2, 0) is 10.0 Å². The quantitative estimate of drug-likeness (QED) is 0.631. The SMILES string of the molecule is O=[N+]([O-])c1ccccc1S(=O)(=O)N[C@H]1C[C@@H]2CC[C@H]1N2. The van der Waals surface area contributed by atoms with Gasteiger partial charge in [-0.05, 0) is 25.3 Å². The van der Waals surface area contributed by atoms with Crippen LogP contribution in [0.2, 0.25) is 0 Å². The van der Waals surface area contributed by atoms with Gasteiger partial charge in [-0.15, -0.1) is 0 Å². The van der Waals surface area contributed by atoms with Crippen molar-refractivity contribution in [2.24, 2.45) is 0 Å². The average molecular weight is 297 g/mol. The Morgan fingerprint density at radius 1 is 1.30 bits per heavy atom. The second-order valence-corrected chi connectivity index (χ2v) is 6.92. The Bertz CT molecular complexity index is 646. The Morgan fingerprint density at radius 2 is 2.05 bits per heavy atom. The zero-order valence-corrected chi connectivity index (χ0v) is 11.5. The number of fused-ring (bicyclic) bond motifs is 2. The summed E-state index contributed by atoms with van der Waals surface area (Å²) in [7, 11) is -3.87. The fourth-order valence-corrected chi connectivity index (χ4v) is 4.51. The fourth-order valence-electron chi connectivity index (χ4n) is 3.05. The molecule has 20 heavy (non-hydrogen) atoms. The third-order valence-corrected chi connectivity index (χ3v) is 5.50. The van der Waals surface area contributed by atoms with E-state index in [1.807, 2.05) is 0 Å². The van der Waals surface area contributed by atoms with Crippen molar-refractivity contribution in [2.45, 2.75) is 42.3 Å². The molecule has 2 aliphatic heterocycles. The molecule has 2 heterocycles. The van der Waals surface area contributed by atoms with E-state index < -0.39 is 20.6 Å². The predicted molar refractivity (Wildman–Crippen MR) is 71.8 cm³/mol. The number of hydrogen-bond donors (Lipinski definition) is 2. The van der Waals surface area contributed by atoms with E-state index in [-0.39, 0.29) is 17.0 Å². The molecule has 0 amide bonds. The Hall–Kier alpha value is -1.51. The summed E-state index contributed by atoms with van der Waals surface area (Å²) in [5.41, 5.74) is -0.392. The van der Waals surface area contributed by atoms with Gasteiger partial charge in [0.15, 0.2) is 4.90 Å². The highest BCUT2D eigenvalue weighted by Gasteiger charge is 2.41. The van der Waals surface area contributed by atoms with Crippen molar-refractivity contribution >= 4 is 15.7 Å². The monoisotopic (exact) mass is 297 g/mol. The topological polar surface area (TPSA) is 101 Å². The maximum absolute atomic E-state index is 12.3. The minimum absolute atomic E-state index is 0.137. The standard InChI is InChI=1S/C12H15N3O4S/c16-15(17)11-3-1-2-4-12(11)20(18,19)14-10-7-8-5-6-9(10)13-8/h1-4,8-10,13-14H,5-7H2/t8-,9+,10-/m0/s1. The zero-order chi connectivity index (χ0) is 14.3. The molecule has 0 aromatic heterocycles. The molecular weight excluding hydrogens is 282 g/mol. The Labute approximate surface area is 116 Å². The van der Waals surface area contributed by atoms with E-state index in [1.54, 1.807) is 0 Å². The second-order valence-electron chi connectivity index (χ2n) is 5.24. The smallest absolute Gasteiger partial charge is 0.289 e. The number of nitrogens with one attached hydrogen (secondary N) is 2. The third kappa shape index (κ3) is 2.30. The van der Waals surface area contributed by atoms with Gasteiger partial charge in [0.1, 0.15) is 0 Å². The highest BCUT2D eigenvalue weighted by Crippen LogP contribution is 2.30. The molecule has 8 heteroatoms. The van der Waals surface area contributed by atoms with Gasteiger partial charge in [0.05, 0.1) is 4.92 Å². The van der Waals surface area contributed by atoms with Gasteiger partial charge in [-0.1, -0.05) is 12.1 Å². The van der Waals surface area contributed by atoms with Crippen molar-refractivity contribution in [3.63, 3.8) is 0 Å². The number of rotatable bonds is 4. The molecule has 0 spiro atoms. The van der Waals surface area contributed by atoms with Crippen LogP contribution in [0.3, 0.4) is 0 Å². The molecule has 0 saturated carbocycles. The van der Waals surface area contributed by atoms with E-state index in [9.17, 15) is 18.5 Å². The number of nitro benzene ring substituents is 1. The van der Waals surface area contributed by atoms with Crippen LogP contribution in [0.15, 0.2) is 29.2 Å². The first kappa shape index (κ1) is 13.5. The summed E-state index contributed by atoms with van der Waals surface area (Å²) in [6.07, 6.45) is 2.74. The molecule has 1 aromatic rings. The summed E-state index contributed by atoms with van der Waals surface area (Å²) in [5.74, 6) is 0. The van der Waals surface area contributed by atoms with Gasteiger partial charge >= 0.3 is 0 Å². The molecule has 2 fully saturated rings. The highest BCUT2D eigenvalue weighted by atomic mass is 32.2. The largest absolute Gasteiger partial charge is 0.310 e. The maximum atomic E-state index is 12.3. The van der Waals surface area contributed by atoms with E-state index in [4.69, 9.17) is 0 Å². The van der Waals surface area contributed by atoms with Gasteiger partial charge in [0, 0.05) is 24.2 Å². The van der Waals surface area contributed by atoms with Crippen LogP contribution in [-0.4, -0.2) is 31.5 Å². The molecule has 0 aliphatic carbocycles. The highest BCUT2D eigenvalue weighted by molar-refractivity contribution is 7.89. The summed E-state index contributed by atoms with van der Waals surface area (Å²) in [4.78, 5) is 9.99. The molecule has 0 unspecified atom stereocenters. The van der Waals surface area contributed by atoms with Crippen LogP contribution < -0.4 is 10.0 Å². The van der Waals surface area contributed by atoms with Gasteiger partial charge in [-0.2, -0.15) is 0 Å². The lowest BCUT2D eigenvalue weighted by molar-refractivity contribution is -0.387. The molecule has 1 aromatic carbocycles. The Morgan fingerprint density at radius 3 is 2.65 bits per heavy atom. The molecule has 3 atom stereocenters. The first-order valence-corrected chi connectivity index (χ1v) is 7.97. The predicted octanol–water partition coefficient (Wildman–Crippen LogP) is 0.766. The third-order valence-electron chi connectivity index (χ3n) is 3.96. The van der Waals surface area contributed by atoms with Crippen molar-refractivity contribution in [1.29, 1.82) is 0 Å². The van der Waals surface area contributed by atoms with Gasteiger partial charge < -0.3 is 5.32 Å². The normalized spacial score (nSPS) is 28.7. The summed E-state index contributed by atoms with van der Waals surface area (Å²) in [6, 6.07) is 5.72. The van der Waals surface area contributed by atoms with Crippen LogP contribution >= 0.6 is 0 Å². The van der Waals surface area contributed by atoms with E-state index >= 15 is 0 Å². The number of benzene rings is 1. The van der Waals surface area contributed by atoms with Crippen molar-refractivity contribution in [3.05, 3.63) is 34.4 Å². The van der Waals surface area contributed by atoms with E-state index in [1.165, 1.54) is 24.3 Å². The van der Waals surface area contributed by atoms with Crippen LogP contribution in [0.5, 0.6) is 0 Å². The van der Waals surface area contributed by atoms with Crippen LogP contribution in [0.25, 0.3) is 0 Å². The van der Waals surface area contributed by atoms with Crippen molar-refractivity contribution in [3.8, 4) is 0 Å². The molecule has 2 aliphatic rings. The average Bonchev–Trinajstić information content (AvgIpc) is 3.00. The summed E-state index contributed by atoms with van der Waals surface area (Å²) in [5, 5.41) is 14.3. The van der Waals surface area contributed by atoms with Crippen LogP contribution in [0.4, 0.5) is 5.69 Å². The second kappa shape index (κ2) is 4.80. The molecule has 108 valence electrons. The molecule has 2 N–H and O–H groups in total. The molecular formula is C12H15N3O4S. The molecule has 7 nitrogen and oxygen atoms in total. The van der Waals surface area contributed by atoms with Gasteiger partial charge in [0.2, 0.25) is 10.0 Å². The van der Waals surface area contributed by atoms with Gasteiger partial charge in [0.25, 0.3) is 5.69 Å². The molecule has 2 saturated heterocycles. The number of sulfonamides is 1. The number of nitrogens with zero attached hydrogens (tertiary/aromatic N) is 1. The van der Waals surface area contributed by atoms with Gasteiger partial charge in [-0.3, -0.25) is 10.1 Å². The zero-order valence-electron chi connectivity index (χ0n) is 10.7. The minimum Gasteiger partial charge on any atom is -0.310 e. The summed E-state index contributed by atoms with van der Waals surface area (Å²) < 4.78 is 27.3. The molecule has 2 bridgehead atoms. The van der Waals surface area contributed by atoms with Crippen LogP contribution in [0.1, 0.15) is 19.3 Å². The molecule has 0 radical (unpaired) electrons. The lowest BCUT2D eigenvalue weighted by Gasteiger charge is -2.21. The van der Waals surface area contributed by atoms with Crippen LogP contribution in [0, 0.1) is 10.1 Å². The fraction of sp³-hybridized carbons (Fsp3) is 0.500. The number of para-hydroxylation sites is 1. The first-order chi connectivity index (χ1) is 9.47. The van der Waals surface area contributed by atoms with Gasteiger partial charge in [-0.25, -0.2) is 13.1 Å². The summed E-state index contributed by atoms with van der Waals surface area (Å²) in [6.45, 7) is 0. The van der Waals surface area contributed by atoms with Crippen molar-refractivity contribution < 1.29 is 13.3 Å². The summed E-state index contributed by atoms with van der Waals surface area (Å²) >= 11 is 0. The van der Waals surface area contributed by atoms with E-state index in [0.29, 0.717) is 6.04 Å². The van der Waals surface area contributed by atoms with E-state index in [0.717, 1.165) is 19.3 Å². The lowest BCUT2D eigenvalue weighted by atomic mass is 9.96. The Balaban J connectivity index is 1.87. The number of hydrogen-bond acceptors (Lipinski definition) is 5.